The zero-order chi connectivity index (χ0) is 32.1. The number of Topliss-reactive ketones (excluding diaryl/α,β-unsaturated/α-hetero) is 1. The van der Waals surface area contributed by atoms with Crippen LogP contribution in [-0.4, -0.2) is 68.3 Å². The van der Waals surface area contributed by atoms with E-state index in [0.717, 1.165) is 19.3 Å². The first kappa shape index (κ1) is 33.3. The molecule has 1 saturated heterocycles. The van der Waals surface area contributed by atoms with Crippen molar-refractivity contribution in [2.75, 3.05) is 18.4 Å². The maximum Gasteiger partial charge on any atom is 0.408 e. The molecule has 1 aliphatic carbocycles. The van der Waals surface area contributed by atoms with Crippen LogP contribution in [0.1, 0.15) is 78.6 Å². The minimum absolute atomic E-state index is 0.207. The van der Waals surface area contributed by atoms with Crippen LogP contribution >= 0.6 is 0 Å². The molecule has 44 heavy (non-hydrogen) atoms. The fourth-order valence-electron chi connectivity index (χ4n) is 5.97. The Morgan fingerprint density at radius 2 is 1.84 bits per heavy atom. The first-order chi connectivity index (χ1) is 20.7. The Kier molecular flexibility index (Phi) is 10.3. The maximum atomic E-state index is 13.8. The lowest BCUT2D eigenvalue weighted by Gasteiger charge is -2.30. The van der Waals surface area contributed by atoms with Crippen molar-refractivity contribution in [1.29, 1.82) is 0 Å². The standard InChI is InChI=1S/C31H44N4O8S/c1-30(2,3)43-29(39)32-24-15-9-7-5-6-8-12-21-19-31(21,20-26(36)25-16-11-17-35(25)27(24)37)28(38)34-44(40,41)33-22-13-10-14-23(18-22)42-4/h8,10,12-14,18,21,24-25,33H,5-7,9,11,15-17,19-20H2,1-4H3,(H,32,39)(H,34,38)/b12-8-/t21-,24+,25+,31-/m1/s1. The molecule has 0 bridgehead atoms. The number of hydrogen-bond donors (Lipinski definition) is 3. The monoisotopic (exact) mass is 632 g/mol. The molecular formula is C31H44N4O8S. The second-order valence-corrected chi connectivity index (χ2v) is 14.2. The molecule has 1 saturated carbocycles. The molecule has 0 aromatic heterocycles. The Morgan fingerprint density at radius 3 is 2.57 bits per heavy atom. The number of nitrogens with one attached hydrogen (secondary N) is 3. The molecule has 3 aliphatic rings. The number of alkyl carbamates (subject to hydrolysis) is 1. The lowest BCUT2D eigenvalue weighted by molar-refractivity contribution is -0.140. The van der Waals surface area contributed by atoms with Crippen molar-refractivity contribution in [1.82, 2.24) is 14.9 Å². The van der Waals surface area contributed by atoms with Crippen molar-refractivity contribution in [2.45, 2.75) is 96.2 Å². The van der Waals surface area contributed by atoms with Crippen LogP contribution in [0.3, 0.4) is 0 Å². The molecule has 242 valence electrons. The molecule has 13 heteroatoms. The van der Waals surface area contributed by atoms with Crippen molar-refractivity contribution in [3.63, 3.8) is 0 Å². The molecule has 2 aliphatic heterocycles. The molecule has 0 radical (unpaired) electrons. The summed E-state index contributed by atoms with van der Waals surface area (Å²) in [5, 5.41) is 2.72. The van der Waals surface area contributed by atoms with Gasteiger partial charge >= 0.3 is 16.3 Å². The number of hydrogen-bond acceptors (Lipinski definition) is 8. The lowest BCUT2D eigenvalue weighted by Crippen LogP contribution is -2.53. The molecule has 2 fully saturated rings. The number of carbonyl (C=O) groups excluding carboxylic acids is 4. The van der Waals surface area contributed by atoms with Gasteiger partial charge < -0.3 is 19.7 Å². The van der Waals surface area contributed by atoms with Gasteiger partial charge in [0.1, 0.15) is 17.4 Å². The normalized spacial score (nSPS) is 27.1. The number of allylic oxidation sites excluding steroid dienone is 2. The average molecular weight is 633 g/mol. The summed E-state index contributed by atoms with van der Waals surface area (Å²) >= 11 is 0. The lowest BCUT2D eigenvalue weighted by atomic mass is 9.91. The molecule has 3 N–H and O–H groups in total. The highest BCUT2D eigenvalue weighted by molar-refractivity contribution is 7.91. The van der Waals surface area contributed by atoms with Gasteiger partial charge in [-0.1, -0.05) is 31.1 Å². The zero-order valence-electron chi connectivity index (χ0n) is 25.9. The fourth-order valence-corrected chi connectivity index (χ4v) is 6.91. The number of amides is 3. The highest BCUT2D eigenvalue weighted by Gasteiger charge is 2.61. The summed E-state index contributed by atoms with van der Waals surface area (Å²) < 4.78 is 40.9. The quantitative estimate of drug-likeness (QED) is 0.399. The third-order valence-corrected chi connectivity index (χ3v) is 9.21. The van der Waals surface area contributed by atoms with E-state index in [2.05, 4.69) is 14.8 Å². The van der Waals surface area contributed by atoms with E-state index in [1.54, 1.807) is 32.9 Å². The third kappa shape index (κ3) is 8.52. The number of rotatable bonds is 6. The van der Waals surface area contributed by atoms with Gasteiger partial charge in [0.05, 0.1) is 24.3 Å². The maximum absolute atomic E-state index is 13.8. The smallest absolute Gasteiger partial charge is 0.408 e. The molecule has 0 spiro atoms. The summed E-state index contributed by atoms with van der Waals surface area (Å²) in [7, 11) is -2.86. The number of carbonyl (C=O) groups is 4. The van der Waals surface area contributed by atoms with E-state index < -0.39 is 45.3 Å². The second-order valence-electron chi connectivity index (χ2n) is 12.8. The van der Waals surface area contributed by atoms with Gasteiger partial charge in [-0.25, -0.2) is 9.52 Å². The van der Waals surface area contributed by atoms with Crippen LogP contribution in [0.15, 0.2) is 36.4 Å². The molecule has 2 heterocycles. The van der Waals surface area contributed by atoms with Gasteiger partial charge in [0.15, 0.2) is 5.78 Å². The van der Waals surface area contributed by atoms with Crippen molar-refractivity contribution >= 4 is 39.6 Å². The van der Waals surface area contributed by atoms with E-state index >= 15 is 0 Å². The van der Waals surface area contributed by atoms with Crippen LogP contribution < -0.4 is 19.5 Å². The predicted octanol–water partition coefficient (Wildman–Crippen LogP) is 3.84. The Hall–Kier alpha value is -3.61. The van der Waals surface area contributed by atoms with Crippen LogP contribution in [0.25, 0.3) is 0 Å². The summed E-state index contributed by atoms with van der Waals surface area (Å²) in [6.07, 6.45) is 7.79. The molecule has 3 amide bonds. The van der Waals surface area contributed by atoms with Crippen molar-refractivity contribution in [3.8, 4) is 5.75 Å². The van der Waals surface area contributed by atoms with Gasteiger partial charge in [-0.05, 0) is 77.3 Å². The van der Waals surface area contributed by atoms with Gasteiger partial charge in [0.2, 0.25) is 11.8 Å². The van der Waals surface area contributed by atoms with Gasteiger partial charge in [0.25, 0.3) is 0 Å². The van der Waals surface area contributed by atoms with Crippen molar-refractivity contribution in [2.24, 2.45) is 11.3 Å². The zero-order valence-corrected chi connectivity index (χ0v) is 26.7. The number of benzene rings is 1. The molecular weight excluding hydrogens is 588 g/mol. The van der Waals surface area contributed by atoms with Crippen molar-refractivity contribution < 1.29 is 37.1 Å². The molecule has 1 aromatic rings. The van der Waals surface area contributed by atoms with E-state index in [-0.39, 0.29) is 29.7 Å². The summed E-state index contributed by atoms with van der Waals surface area (Å²) in [5.41, 5.74) is -1.78. The van der Waals surface area contributed by atoms with E-state index in [0.29, 0.717) is 44.4 Å². The molecule has 4 rings (SSSR count). The Labute approximate surface area is 259 Å². The van der Waals surface area contributed by atoms with Crippen LogP contribution in [0, 0.1) is 11.3 Å². The summed E-state index contributed by atoms with van der Waals surface area (Å²) in [6, 6.07) is 4.66. The Morgan fingerprint density at radius 1 is 1.07 bits per heavy atom. The van der Waals surface area contributed by atoms with E-state index in [9.17, 15) is 27.6 Å². The highest BCUT2D eigenvalue weighted by Crippen LogP contribution is 2.57. The number of nitrogens with zero attached hydrogens (tertiary/aromatic N) is 1. The van der Waals surface area contributed by atoms with Crippen LogP contribution in [-0.2, 0) is 29.3 Å². The predicted molar refractivity (Wildman–Crippen MR) is 164 cm³/mol. The first-order valence-corrected chi connectivity index (χ1v) is 16.7. The van der Waals surface area contributed by atoms with Crippen LogP contribution in [0.5, 0.6) is 5.75 Å². The summed E-state index contributed by atoms with van der Waals surface area (Å²) in [6.45, 7) is 5.57. The van der Waals surface area contributed by atoms with E-state index in [1.807, 2.05) is 12.2 Å². The third-order valence-electron chi connectivity index (χ3n) is 8.25. The Bertz CT molecular complexity index is 1390. The van der Waals surface area contributed by atoms with E-state index in [1.165, 1.54) is 24.1 Å². The highest BCUT2D eigenvalue weighted by atomic mass is 32.2. The summed E-state index contributed by atoms with van der Waals surface area (Å²) in [5.74, 6) is -1.29. The van der Waals surface area contributed by atoms with Crippen LogP contribution in [0.2, 0.25) is 0 Å². The largest absolute Gasteiger partial charge is 0.497 e. The van der Waals surface area contributed by atoms with Gasteiger partial charge in [0, 0.05) is 19.0 Å². The van der Waals surface area contributed by atoms with Gasteiger partial charge in [-0.3, -0.25) is 19.1 Å². The molecule has 4 atom stereocenters. The summed E-state index contributed by atoms with van der Waals surface area (Å²) in [4.78, 5) is 55.2. The minimum atomic E-state index is -4.32. The number of methoxy groups -OCH3 is 1. The van der Waals surface area contributed by atoms with Gasteiger partial charge in [-0.15, -0.1) is 0 Å². The number of fused-ring (bicyclic) bond motifs is 2. The second kappa shape index (κ2) is 13.6. The minimum Gasteiger partial charge on any atom is -0.497 e. The number of ether oxygens (including phenoxy) is 2. The average Bonchev–Trinajstić information content (AvgIpc) is 3.39. The van der Waals surface area contributed by atoms with Crippen LogP contribution in [0.4, 0.5) is 10.5 Å². The SMILES string of the molecule is COc1cccc(NS(=O)(=O)NC(=O)[C@]23CC(=O)[C@@H]4CCCN4C(=O)[C@@H](NC(=O)OC(C)(C)C)CCCCC/C=C\[C@@H]2C3)c1. The topological polar surface area (TPSA) is 160 Å². The number of ketones is 1. The van der Waals surface area contributed by atoms with E-state index in [4.69, 9.17) is 9.47 Å². The Balaban J connectivity index is 1.53. The number of anilines is 1. The van der Waals surface area contributed by atoms with Crippen molar-refractivity contribution in [3.05, 3.63) is 36.4 Å². The molecule has 12 nitrogen and oxygen atoms in total. The molecule has 1 aromatic carbocycles. The fraction of sp³-hybridized carbons (Fsp3) is 0.613. The first-order valence-electron chi connectivity index (χ1n) is 15.2. The molecule has 0 unspecified atom stereocenters. The van der Waals surface area contributed by atoms with Gasteiger partial charge in [-0.2, -0.15) is 8.42 Å².